The lowest BCUT2D eigenvalue weighted by molar-refractivity contribution is 0.282. The quantitative estimate of drug-likeness (QED) is 0.707. The summed E-state index contributed by atoms with van der Waals surface area (Å²) >= 11 is 7.59. The predicted octanol–water partition coefficient (Wildman–Crippen LogP) is 3.18. The SMILES string of the molecule is CCn1c(SC2CCN(C)CC2)nnc1[C@@H](C)NS(=O)(=O)c1ccc(Cl)cc1. The molecule has 1 N–H and O–H groups in total. The van der Waals surface area contributed by atoms with Gasteiger partial charge in [0.2, 0.25) is 10.0 Å². The first-order chi connectivity index (χ1) is 13.3. The minimum atomic E-state index is -3.68. The van der Waals surface area contributed by atoms with Gasteiger partial charge in [-0.25, -0.2) is 13.1 Å². The molecule has 0 saturated carbocycles. The molecule has 1 saturated heterocycles. The molecule has 2 aromatic rings. The molecule has 1 aromatic heterocycles. The Balaban J connectivity index is 1.74. The predicted molar refractivity (Wildman–Crippen MR) is 112 cm³/mol. The van der Waals surface area contributed by atoms with Gasteiger partial charge in [-0.15, -0.1) is 10.2 Å². The number of nitrogens with zero attached hydrogens (tertiary/aromatic N) is 4. The number of hydrogen-bond acceptors (Lipinski definition) is 6. The Morgan fingerprint density at radius 3 is 2.50 bits per heavy atom. The number of benzene rings is 1. The van der Waals surface area contributed by atoms with Crippen LogP contribution in [0.5, 0.6) is 0 Å². The van der Waals surface area contributed by atoms with Crippen LogP contribution in [0.4, 0.5) is 0 Å². The molecule has 3 rings (SSSR count). The molecular weight excluding hydrogens is 418 g/mol. The van der Waals surface area contributed by atoms with Crippen molar-refractivity contribution in [2.24, 2.45) is 0 Å². The van der Waals surface area contributed by atoms with E-state index in [-0.39, 0.29) is 4.90 Å². The summed E-state index contributed by atoms with van der Waals surface area (Å²) < 4.78 is 30.0. The van der Waals surface area contributed by atoms with E-state index >= 15 is 0 Å². The first-order valence-corrected chi connectivity index (χ1v) is 12.1. The largest absolute Gasteiger partial charge is 0.306 e. The number of nitrogens with one attached hydrogen (secondary N) is 1. The van der Waals surface area contributed by atoms with Crippen LogP contribution in [0.15, 0.2) is 34.3 Å². The molecule has 0 amide bonds. The van der Waals surface area contributed by atoms with E-state index in [9.17, 15) is 8.42 Å². The van der Waals surface area contributed by atoms with E-state index in [0.717, 1.165) is 31.1 Å². The summed E-state index contributed by atoms with van der Waals surface area (Å²) in [5, 5.41) is 10.5. The molecule has 0 spiro atoms. The highest BCUT2D eigenvalue weighted by molar-refractivity contribution is 7.99. The van der Waals surface area contributed by atoms with Gasteiger partial charge in [0.05, 0.1) is 10.9 Å². The lowest BCUT2D eigenvalue weighted by atomic mass is 10.1. The van der Waals surface area contributed by atoms with Crippen LogP contribution < -0.4 is 4.72 Å². The molecule has 0 aliphatic carbocycles. The molecule has 0 radical (unpaired) electrons. The maximum absolute atomic E-state index is 12.7. The first-order valence-electron chi connectivity index (χ1n) is 9.36. The summed E-state index contributed by atoms with van der Waals surface area (Å²) in [7, 11) is -1.53. The lowest BCUT2D eigenvalue weighted by Crippen LogP contribution is -2.31. The van der Waals surface area contributed by atoms with Gasteiger partial charge in [-0.3, -0.25) is 0 Å². The van der Waals surface area contributed by atoms with Crippen LogP contribution in [0.2, 0.25) is 5.02 Å². The molecule has 1 aliphatic rings. The third-order valence-corrected chi connectivity index (χ3v) is 7.97. The van der Waals surface area contributed by atoms with Crippen molar-refractivity contribution < 1.29 is 8.42 Å². The Morgan fingerprint density at radius 2 is 1.89 bits per heavy atom. The van der Waals surface area contributed by atoms with Gasteiger partial charge in [0.15, 0.2) is 11.0 Å². The standard InChI is InChI=1S/C18H26ClN5O2S2/c1-4-24-17(20-21-18(24)27-15-9-11-23(3)12-10-15)13(2)22-28(25,26)16-7-5-14(19)6-8-16/h5-8,13,15,22H,4,9-12H2,1-3H3/t13-/m1/s1. The Morgan fingerprint density at radius 1 is 1.25 bits per heavy atom. The number of sulfonamides is 1. The van der Waals surface area contributed by atoms with Crippen LogP contribution >= 0.6 is 23.4 Å². The van der Waals surface area contributed by atoms with Crippen LogP contribution in [0.3, 0.4) is 0 Å². The van der Waals surface area contributed by atoms with E-state index < -0.39 is 16.1 Å². The van der Waals surface area contributed by atoms with Crippen molar-refractivity contribution in [2.75, 3.05) is 20.1 Å². The summed E-state index contributed by atoms with van der Waals surface area (Å²) in [6.45, 7) is 6.66. The highest BCUT2D eigenvalue weighted by atomic mass is 35.5. The third-order valence-electron chi connectivity index (χ3n) is 4.84. The Hall–Kier alpha value is -1.13. The van der Waals surface area contributed by atoms with E-state index in [1.165, 1.54) is 12.1 Å². The van der Waals surface area contributed by atoms with Crippen LogP contribution in [0, 0.1) is 0 Å². The van der Waals surface area contributed by atoms with E-state index in [1.54, 1.807) is 30.8 Å². The fraction of sp³-hybridized carbons (Fsp3) is 0.556. The highest BCUT2D eigenvalue weighted by Gasteiger charge is 2.25. The summed E-state index contributed by atoms with van der Waals surface area (Å²) in [6, 6.07) is 5.60. The number of likely N-dealkylation sites (tertiary alicyclic amines) is 1. The maximum atomic E-state index is 12.7. The number of hydrogen-bond donors (Lipinski definition) is 1. The zero-order valence-corrected chi connectivity index (χ0v) is 18.7. The average Bonchev–Trinajstić information content (AvgIpc) is 3.06. The van der Waals surface area contributed by atoms with Gasteiger partial charge in [-0.1, -0.05) is 23.4 Å². The van der Waals surface area contributed by atoms with E-state index in [4.69, 9.17) is 11.6 Å². The molecule has 1 aliphatic heterocycles. The van der Waals surface area contributed by atoms with Crippen LogP contribution in [-0.4, -0.2) is 53.5 Å². The molecule has 0 unspecified atom stereocenters. The molecule has 10 heteroatoms. The zero-order chi connectivity index (χ0) is 20.3. The monoisotopic (exact) mass is 443 g/mol. The van der Waals surface area contributed by atoms with Crippen molar-refractivity contribution in [1.82, 2.24) is 24.4 Å². The first kappa shape index (κ1) is 21.6. The summed E-state index contributed by atoms with van der Waals surface area (Å²) in [6.07, 6.45) is 2.23. The van der Waals surface area contributed by atoms with Gasteiger partial charge in [0.1, 0.15) is 0 Å². The molecule has 28 heavy (non-hydrogen) atoms. The number of halogens is 1. The van der Waals surface area contributed by atoms with Gasteiger partial charge < -0.3 is 9.47 Å². The van der Waals surface area contributed by atoms with E-state index in [0.29, 0.717) is 22.6 Å². The number of piperidine rings is 1. The van der Waals surface area contributed by atoms with Crippen LogP contribution in [0.1, 0.15) is 38.6 Å². The number of aromatic nitrogens is 3. The van der Waals surface area contributed by atoms with Crippen molar-refractivity contribution in [3.8, 4) is 0 Å². The number of thioether (sulfide) groups is 1. The van der Waals surface area contributed by atoms with Crippen molar-refractivity contribution in [1.29, 1.82) is 0 Å². The fourth-order valence-electron chi connectivity index (χ4n) is 3.22. The van der Waals surface area contributed by atoms with Crippen molar-refractivity contribution >= 4 is 33.4 Å². The minimum absolute atomic E-state index is 0.173. The van der Waals surface area contributed by atoms with Gasteiger partial charge in [-0.05, 0) is 71.1 Å². The van der Waals surface area contributed by atoms with Crippen LogP contribution in [0.25, 0.3) is 0 Å². The van der Waals surface area contributed by atoms with Crippen molar-refractivity contribution in [3.63, 3.8) is 0 Å². The fourth-order valence-corrected chi connectivity index (χ4v) is 5.73. The second kappa shape index (κ2) is 9.13. The summed E-state index contributed by atoms with van der Waals surface area (Å²) in [4.78, 5) is 2.51. The Bertz CT molecular complexity index is 893. The van der Waals surface area contributed by atoms with Crippen LogP contribution in [-0.2, 0) is 16.6 Å². The molecule has 1 aromatic carbocycles. The second-order valence-corrected chi connectivity index (χ2v) is 10.4. The van der Waals surface area contributed by atoms with E-state index in [2.05, 4.69) is 26.9 Å². The number of rotatable bonds is 7. The highest BCUT2D eigenvalue weighted by Crippen LogP contribution is 2.30. The van der Waals surface area contributed by atoms with Gasteiger partial charge in [0, 0.05) is 16.8 Å². The van der Waals surface area contributed by atoms with Gasteiger partial charge >= 0.3 is 0 Å². The molecule has 1 fully saturated rings. The van der Waals surface area contributed by atoms with Gasteiger partial charge in [-0.2, -0.15) is 0 Å². The Kier molecular flexibility index (Phi) is 7.03. The molecule has 2 heterocycles. The summed E-state index contributed by atoms with van der Waals surface area (Å²) in [5.74, 6) is 0.621. The second-order valence-electron chi connectivity index (χ2n) is 7.00. The molecule has 1 atom stereocenters. The Labute approximate surface area is 175 Å². The molecule has 154 valence electrons. The maximum Gasteiger partial charge on any atom is 0.241 e. The molecular formula is C18H26ClN5O2S2. The molecule has 0 bridgehead atoms. The molecule has 7 nitrogen and oxygen atoms in total. The smallest absolute Gasteiger partial charge is 0.241 e. The average molecular weight is 444 g/mol. The van der Waals surface area contributed by atoms with E-state index in [1.807, 2.05) is 11.5 Å². The lowest BCUT2D eigenvalue weighted by Gasteiger charge is -2.28. The van der Waals surface area contributed by atoms with Crippen molar-refractivity contribution in [3.05, 3.63) is 35.1 Å². The van der Waals surface area contributed by atoms with Crippen molar-refractivity contribution in [2.45, 2.75) is 54.6 Å². The van der Waals surface area contributed by atoms with Gasteiger partial charge in [0.25, 0.3) is 0 Å². The topological polar surface area (TPSA) is 80.1 Å². The minimum Gasteiger partial charge on any atom is -0.306 e. The third kappa shape index (κ3) is 5.07. The summed E-state index contributed by atoms with van der Waals surface area (Å²) in [5.41, 5.74) is 0. The zero-order valence-electron chi connectivity index (χ0n) is 16.3. The normalized spacial score (nSPS) is 17.7.